The molecule has 0 aliphatic carbocycles. The molecule has 1 aliphatic heterocycles. The average molecular weight is 210 g/mol. The van der Waals surface area contributed by atoms with Gasteiger partial charge in [-0.1, -0.05) is 0 Å². The van der Waals surface area contributed by atoms with E-state index in [0.717, 1.165) is 32.6 Å². The molecule has 2 N–H and O–H groups in total. The number of piperazine rings is 1. The third kappa shape index (κ3) is 2.81. The molecule has 1 fully saturated rings. The second-order valence-electron chi connectivity index (χ2n) is 3.97. The van der Waals surface area contributed by atoms with E-state index < -0.39 is 0 Å². The first-order valence-corrected chi connectivity index (χ1v) is 5.47. The Kier molecular flexibility index (Phi) is 3.77. The second kappa shape index (κ2) is 5.30. The lowest BCUT2D eigenvalue weighted by molar-refractivity contribution is 0.123. The summed E-state index contributed by atoms with van der Waals surface area (Å²) in [6.07, 6.45) is 4.33. The summed E-state index contributed by atoms with van der Waals surface area (Å²) in [5, 5.41) is 12.3. The van der Waals surface area contributed by atoms with Crippen molar-refractivity contribution in [3.05, 3.63) is 24.2 Å². The van der Waals surface area contributed by atoms with E-state index in [1.165, 1.54) is 5.56 Å². The second-order valence-corrected chi connectivity index (χ2v) is 3.97. The van der Waals surface area contributed by atoms with Crippen LogP contribution in [0.5, 0.6) is 0 Å². The van der Waals surface area contributed by atoms with Crippen LogP contribution in [-0.2, 0) is 6.54 Å². The van der Waals surface area contributed by atoms with Crippen molar-refractivity contribution in [3.63, 3.8) is 0 Å². The van der Waals surface area contributed by atoms with Crippen molar-refractivity contribution in [3.8, 4) is 0 Å². The quantitative estimate of drug-likeness (QED) is 0.757. The third-order valence-electron chi connectivity index (χ3n) is 2.90. The van der Waals surface area contributed by atoms with Crippen LogP contribution in [0.4, 0.5) is 0 Å². The molecule has 2 heterocycles. The highest BCUT2D eigenvalue weighted by Gasteiger charge is 2.21. The summed E-state index contributed by atoms with van der Waals surface area (Å²) in [6, 6.07) is 2.44. The third-order valence-corrected chi connectivity index (χ3v) is 2.90. The van der Waals surface area contributed by atoms with Gasteiger partial charge in [0.1, 0.15) is 0 Å². The van der Waals surface area contributed by atoms with Gasteiger partial charge >= 0.3 is 0 Å². The van der Waals surface area contributed by atoms with E-state index in [1.54, 1.807) is 12.5 Å². The van der Waals surface area contributed by atoms with Gasteiger partial charge in [-0.25, -0.2) is 0 Å². The lowest BCUT2D eigenvalue weighted by Gasteiger charge is -2.35. The lowest BCUT2D eigenvalue weighted by atomic mass is 10.1. The van der Waals surface area contributed by atoms with Crippen LogP contribution in [0, 0.1) is 0 Å². The van der Waals surface area contributed by atoms with E-state index in [1.807, 2.05) is 6.07 Å². The normalized spacial score (nSPS) is 23.1. The van der Waals surface area contributed by atoms with Gasteiger partial charge < -0.3 is 14.8 Å². The Morgan fingerprint density at radius 1 is 1.60 bits per heavy atom. The number of hydrogen-bond donors (Lipinski definition) is 2. The maximum atomic E-state index is 8.99. The molecule has 0 spiro atoms. The van der Waals surface area contributed by atoms with E-state index in [0.29, 0.717) is 6.04 Å². The van der Waals surface area contributed by atoms with Crippen LogP contribution >= 0.6 is 0 Å². The summed E-state index contributed by atoms with van der Waals surface area (Å²) >= 11 is 0. The van der Waals surface area contributed by atoms with Crippen molar-refractivity contribution in [2.45, 2.75) is 19.0 Å². The Morgan fingerprint density at radius 2 is 2.53 bits per heavy atom. The minimum Gasteiger partial charge on any atom is -0.472 e. The van der Waals surface area contributed by atoms with E-state index in [4.69, 9.17) is 9.52 Å². The van der Waals surface area contributed by atoms with Crippen LogP contribution in [0.1, 0.15) is 12.0 Å². The number of hydrogen-bond acceptors (Lipinski definition) is 4. The Morgan fingerprint density at radius 3 is 3.27 bits per heavy atom. The smallest absolute Gasteiger partial charge is 0.0947 e. The van der Waals surface area contributed by atoms with Crippen molar-refractivity contribution in [2.24, 2.45) is 0 Å². The highest BCUT2D eigenvalue weighted by molar-refractivity contribution is 5.05. The number of aliphatic hydroxyl groups is 1. The van der Waals surface area contributed by atoms with Gasteiger partial charge in [0.25, 0.3) is 0 Å². The number of rotatable bonds is 4. The maximum absolute atomic E-state index is 8.99. The summed E-state index contributed by atoms with van der Waals surface area (Å²) in [7, 11) is 0. The zero-order valence-corrected chi connectivity index (χ0v) is 8.85. The Bertz CT molecular complexity index is 272. The van der Waals surface area contributed by atoms with Crippen molar-refractivity contribution in [1.29, 1.82) is 0 Å². The van der Waals surface area contributed by atoms with Gasteiger partial charge in [-0.15, -0.1) is 0 Å². The maximum Gasteiger partial charge on any atom is 0.0947 e. The van der Waals surface area contributed by atoms with Gasteiger partial charge in [0.05, 0.1) is 12.5 Å². The molecule has 4 heteroatoms. The molecule has 15 heavy (non-hydrogen) atoms. The van der Waals surface area contributed by atoms with Gasteiger partial charge in [0.2, 0.25) is 0 Å². The molecule has 0 amide bonds. The molecular formula is C11H18N2O2. The van der Waals surface area contributed by atoms with Gasteiger partial charge in [-0.05, 0) is 12.5 Å². The Balaban J connectivity index is 1.92. The van der Waals surface area contributed by atoms with Crippen LogP contribution in [0.3, 0.4) is 0 Å². The first-order valence-electron chi connectivity index (χ1n) is 5.47. The fourth-order valence-corrected chi connectivity index (χ4v) is 2.06. The monoisotopic (exact) mass is 210 g/mol. The predicted octanol–water partition coefficient (Wildman–Crippen LogP) is 0.436. The molecule has 2 rings (SSSR count). The molecule has 1 saturated heterocycles. The van der Waals surface area contributed by atoms with E-state index in [9.17, 15) is 0 Å². The first kappa shape index (κ1) is 10.7. The van der Waals surface area contributed by atoms with Gasteiger partial charge in [0.15, 0.2) is 0 Å². The Labute approximate surface area is 89.9 Å². The fourth-order valence-electron chi connectivity index (χ4n) is 2.06. The summed E-state index contributed by atoms with van der Waals surface area (Å²) in [5.41, 5.74) is 1.21. The largest absolute Gasteiger partial charge is 0.472 e. The topological polar surface area (TPSA) is 48.6 Å². The number of nitrogens with zero attached hydrogens (tertiary/aromatic N) is 1. The lowest BCUT2D eigenvalue weighted by Crippen LogP contribution is -2.50. The van der Waals surface area contributed by atoms with Crippen LogP contribution in [0.25, 0.3) is 0 Å². The molecule has 0 unspecified atom stereocenters. The zero-order valence-electron chi connectivity index (χ0n) is 8.85. The van der Waals surface area contributed by atoms with Crippen molar-refractivity contribution in [1.82, 2.24) is 10.2 Å². The summed E-state index contributed by atoms with van der Waals surface area (Å²) < 4.78 is 5.06. The molecule has 1 atom stereocenters. The SMILES string of the molecule is OCC[C@H]1CNCCN1Cc1ccoc1. The predicted molar refractivity (Wildman–Crippen MR) is 57.5 cm³/mol. The van der Waals surface area contributed by atoms with Crippen LogP contribution in [-0.4, -0.2) is 42.3 Å². The molecular weight excluding hydrogens is 192 g/mol. The van der Waals surface area contributed by atoms with E-state index in [-0.39, 0.29) is 6.61 Å². The average Bonchev–Trinajstić information content (AvgIpc) is 2.74. The van der Waals surface area contributed by atoms with E-state index in [2.05, 4.69) is 10.2 Å². The summed E-state index contributed by atoms with van der Waals surface area (Å²) in [5.74, 6) is 0. The molecule has 0 aromatic carbocycles. The van der Waals surface area contributed by atoms with Crippen molar-refractivity contribution < 1.29 is 9.52 Å². The molecule has 0 saturated carbocycles. The van der Waals surface area contributed by atoms with Crippen LogP contribution in [0.2, 0.25) is 0 Å². The highest BCUT2D eigenvalue weighted by Crippen LogP contribution is 2.12. The minimum absolute atomic E-state index is 0.258. The zero-order chi connectivity index (χ0) is 10.5. The summed E-state index contributed by atoms with van der Waals surface area (Å²) in [6.45, 7) is 4.21. The fraction of sp³-hybridized carbons (Fsp3) is 0.636. The minimum atomic E-state index is 0.258. The van der Waals surface area contributed by atoms with Crippen molar-refractivity contribution >= 4 is 0 Å². The standard InChI is InChI=1S/C11H18N2O2/c14-5-1-11-7-12-3-4-13(11)8-10-2-6-15-9-10/h2,6,9,11-12,14H,1,3-5,7-8H2/t11-/m0/s1. The number of furan rings is 1. The summed E-state index contributed by atoms with van der Waals surface area (Å²) in [4.78, 5) is 2.40. The molecule has 1 aromatic rings. The van der Waals surface area contributed by atoms with Gasteiger partial charge in [0, 0.05) is 44.4 Å². The van der Waals surface area contributed by atoms with Crippen LogP contribution in [0.15, 0.2) is 23.0 Å². The molecule has 4 nitrogen and oxygen atoms in total. The van der Waals surface area contributed by atoms with Gasteiger partial charge in [-0.3, -0.25) is 4.90 Å². The number of nitrogens with one attached hydrogen (secondary N) is 1. The molecule has 1 aliphatic rings. The van der Waals surface area contributed by atoms with E-state index >= 15 is 0 Å². The highest BCUT2D eigenvalue weighted by atomic mass is 16.3. The van der Waals surface area contributed by atoms with Crippen LogP contribution < -0.4 is 5.32 Å². The molecule has 84 valence electrons. The van der Waals surface area contributed by atoms with Crippen molar-refractivity contribution in [2.75, 3.05) is 26.2 Å². The first-order chi connectivity index (χ1) is 7.40. The molecule has 0 bridgehead atoms. The Hall–Kier alpha value is -0.840. The molecule has 0 radical (unpaired) electrons. The molecule has 1 aromatic heterocycles. The van der Waals surface area contributed by atoms with Gasteiger partial charge in [-0.2, -0.15) is 0 Å². The number of aliphatic hydroxyl groups excluding tert-OH is 1.